The summed E-state index contributed by atoms with van der Waals surface area (Å²) in [5.41, 5.74) is 0. The van der Waals surface area contributed by atoms with Crippen molar-refractivity contribution in [3.8, 4) is 0 Å². The average molecular weight is 470 g/mol. The fourth-order valence-corrected chi connectivity index (χ4v) is 1.79. The van der Waals surface area contributed by atoms with Crippen molar-refractivity contribution in [2.45, 2.75) is 19.0 Å². The lowest BCUT2D eigenvalue weighted by Crippen LogP contribution is -2.39. The molecule has 0 unspecified atom stereocenters. The molecule has 2 N–H and O–H groups in total. The summed E-state index contributed by atoms with van der Waals surface area (Å²) >= 11 is 0. The van der Waals surface area contributed by atoms with Gasteiger partial charge in [0.05, 0.1) is 19.8 Å². The number of hydrogen-bond acceptors (Lipinski definition) is 4. The molecule has 146 valence electrons. The number of aliphatic imine (C=N–C) groups is 1. The third-order valence-corrected chi connectivity index (χ3v) is 2.87. The average Bonchev–Trinajstić information content (AvgIpc) is 2.46. The van der Waals surface area contributed by atoms with E-state index in [0.29, 0.717) is 51.8 Å². The van der Waals surface area contributed by atoms with E-state index in [2.05, 4.69) is 15.6 Å². The minimum atomic E-state index is -4.15. The van der Waals surface area contributed by atoms with Gasteiger partial charge in [-0.15, -0.1) is 24.0 Å². The maximum absolute atomic E-state index is 12.2. The van der Waals surface area contributed by atoms with Gasteiger partial charge in [0.1, 0.15) is 0 Å². The Labute approximate surface area is 159 Å². The number of alkyl halides is 3. The fourth-order valence-electron chi connectivity index (χ4n) is 1.79. The van der Waals surface area contributed by atoms with Crippen LogP contribution in [0.2, 0.25) is 0 Å². The van der Waals surface area contributed by atoms with E-state index in [4.69, 9.17) is 9.47 Å². The molecule has 0 heterocycles. The first-order valence-electron chi connectivity index (χ1n) is 7.65. The Hall–Kier alpha value is -0.330. The first-order valence-corrected chi connectivity index (χ1v) is 7.65. The van der Waals surface area contributed by atoms with E-state index in [1.165, 1.54) is 11.9 Å². The first-order chi connectivity index (χ1) is 10.9. The summed E-state index contributed by atoms with van der Waals surface area (Å²) in [5, 5.41) is 6.19. The van der Waals surface area contributed by atoms with Crippen molar-refractivity contribution in [1.82, 2.24) is 15.5 Å². The number of guanidine groups is 1. The van der Waals surface area contributed by atoms with Gasteiger partial charge in [0.15, 0.2) is 5.96 Å². The van der Waals surface area contributed by atoms with Gasteiger partial charge in [-0.2, -0.15) is 13.2 Å². The van der Waals surface area contributed by atoms with E-state index >= 15 is 0 Å². The number of nitrogens with zero attached hydrogens (tertiary/aromatic N) is 2. The molecular formula is C14H30F3IN4O2. The Balaban J connectivity index is 0. The summed E-state index contributed by atoms with van der Waals surface area (Å²) in [7, 11) is 4.74. The van der Waals surface area contributed by atoms with E-state index in [1.54, 1.807) is 14.2 Å². The first kappa shape index (κ1) is 25.9. The second kappa shape index (κ2) is 16.2. The van der Waals surface area contributed by atoms with Gasteiger partial charge in [0.25, 0.3) is 0 Å². The molecule has 0 amide bonds. The molecule has 0 atom stereocenters. The molecule has 0 radical (unpaired) electrons. The van der Waals surface area contributed by atoms with Crippen LogP contribution in [0, 0.1) is 0 Å². The molecule has 0 aromatic rings. The molecule has 10 heteroatoms. The van der Waals surface area contributed by atoms with E-state index in [0.717, 1.165) is 6.42 Å². The Morgan fingerprint density at radius 1 is 1.08 bits per heavy atom. The summed E-state index contributed by atoms with van der Waals surface area (Å²) < 4.78 is 46.7. The van der Waals surface area contributed by atoms with Gasteiger partial charge in [-0.25, -0.2) is 0 Å². The Kier molecular flexibility index (Phi) is 17.4. The zero-order valence-electron chi connectivity index (χ0n) is 14.6. The second-order valence-corrected chi connectivity index (χ2v) is 5.09. The molecule has 0 aromatic heterocycles. The summed E-state index contributed by atoms with van der Waals surface area (Å²) in [6.45, 7) is 2.55. The molecule has 0 aliphatic carbocycles. The van der Waals surface area contributed by atoms with E-state index in [-0.39, 0.29) is 24.0 Å². The van der Waals surface area contributed by atoms with Gasteiger partial charge in [0, 0.05) is 33.9 Å². The minimum absolute atomic E-state index is 0. The van der Waals surface area contributed by atoms with Gasteiger partial charge in [-0.3, -0.25) is 9.89 Å². The number of ether oxygens (including phenoxy) is 2. The van der Waals surface area contributed by atoms with Gasteiger partial charge < -0.3 is 20.1 Å². The second-order valence-electron chi connectivity index (χ2n) is 5.09. The van der Waals surface area contributed by atoms with Crippen LogP contribution in [0.3, 0.4) is 0 Å². The van der Waals surface area contributed by atoms with Crippen molar-refractivity contribution < 1.29 is 22.6 Å². The Morgan fingerprint density at radius 2 is 1.71 bits per heavy atom. The summed E-state index contributed by atoms with van der Waals surface area (Å²) in [6, 6.07) is 0. The van der Waals surface area contributed by atoms with Crippen LogP contribution in [0.1, 0.15) is 12.8 Å². The molecule has 0 spiro atoms. The SMILES string of the molecule is CN=C(NCCCOCCOC)NCCCN(C)CC(F)(F)F.I. The maximum Gasteiger partial charge on any atom is 0.401 e. The lowest BCUT2D eigenvalue weighted by molar-refractivity contribution is -0.143. The zero-order chi connectivity index (χ0) is 17.6. The molecule has 0 aliphatic heterocycles. The van der Waals surface area contributed by atoms with E-state index in [1.807, 2.05) is 0 Å². The highest BCUT2D eigenvalue weighted by molar-refractivity contribution is 14.0. The highest BCUT2D eigenvalue weighted by atomic mass is 127. The molecule has 0 saturated heterocycles. The van der Waals surface area contributed by atoms with Crippen molar-refractivity contribution in [1.29, 1.82) is 0 Å². The molecule has 24 heavy (non-hydrogen) atoms. The van der Waals surface area contributed by atoms with Crippen LogP contribution < -0.4 is 10.6 Å². The summed E-state index contributed by atoms with van der Waals surface area (Å²) in [5.74, 6) is 0.639. The van der Waals surface area contributed by atoms with Crippen LogP contribution >= 0.6 is 24.0 Å². The van der Waals surface area contributed by atoms with E-state index in [9.17, 15) is 13.2 Å². The van der Waals surface area contributed by atoms with Gasteiger partial charge >= 0.3 is 6.18 Å². The van der Waals surface area contributed by atoms with Crippen LogP contribution in [0.5, 0.6) is 0 Å². The van der Waals surface area contributed by atoms with Crippen LogP contribution in [0.15, 0.2) is 4.99 Å². The predicted octanol–water partition coefficient (Wildman–Crippen LogP) is 1.71. The smallest absolute Gasteiger partial charge is 0.382 e. The van der Waals surface area contributed by atoms with Crippen LogP contribution in [-0.4, -0.2) is 84.2 Å². The number of hydrogen-bond donors (Lipinski definition) is 2. The monoisotopic (exact) mass is 470 g/mol. The quantitative estimate of drug-likeness (QED) is 0.197. The summed E-state index contributed by atoms with van der Waals surface area (Å²) in [4.78, 5) is 5.31. The normalized spacial score (nSPS) is 12.2. The van der Waals surface area contributed by atoms with Crippen molar-refractivity contribution in [2.75, 3.05) is 67.2 Å². The molecule has 0 aliphatic rings. The largest absolute Gasteiger partial charge is 0.401 e. The predicted molar refractivity (Wildman–Crippen MR) is 100 cm³/mol. The lowest BCUT2D eigenvalue weighted by atomic mass is 10.4. The lowest BCUT2D eigenvalue weighted by Gasteiger charge is -2.19. The fraction of sp³-hybridized carbons (Fsp3) is 0.929. The van der Waals surface area contributed by atoms with Crippen molar-refractivity contribution in [3.05, 3.63) is 0 Å². The summed E-state index contributed by atoms with van der Waals surface area (Å²) in [6.07, 6.45) is -2.71. The van der Waals surface area contributed by atoms with Gasteiger partial charge in [-0.05, 0) is 26.4 Å². The minimum Gasteiger partial charge on any atom is -0.382 e. The van der Waals surface area contributed by atoms with Crippen molar-refractivity contribution in [3.63, 3.8) is 0 Å². The topological polar surface area (TPSA) is 58.1 Å². The molecule has 0 rings (SSSR count). The number of rotatable bonds is 12. The molecular weight excluding hydrogens is 440 g/mol. The van der Waals surface area contributed by atoms with Gasteiger partial charge in [0.2, 0.25) is 0 Å². The van der Waals surface area contributed by atoms with Crippen molar-refractivity contribution >= 4 is 29.9 Å². The highest BCUT2D eigenvalue weighted by Crippen LogP contribution is 2.15. The molecule has 0 saturated carbocycles. The molecule has 6 nitrogen and oxygen atoms in total. The third-order valence-electron chi connectivity index (χ3n) is 2.87. The Bertz CT molecular complexity index is 321. The van der Waals surface area contributed by atoms with Gasteiger partial charge in [-0.1, -0.05) is 0 Å². The van der Waals surface area contributed by atoms with Crippen molar-refractivity contribution in [2.24, 2.45) is 4.99 Å². The zero-order valence-corrected chi connectivity index (χ0v) is 16.9. The number of halogens is 4. The third kappa shape index (κ3) is 18.0. The maximum atomic E-state index is 12.2. The molecule has 0 aromatic carbocycles. The molecule has 0 fully saturated rings. The molecule has 0 bridgehead atoms. The highest BCUT2D eigenvalue weighted by Gasteiger charge is 2.28. The van der Waals surface area contributed by atoms with Crippen LogP contribution in [0.25, 0.3) is 0 Å². The number of methoxy groups -OCH3 is 1. The van der Waals surface area contributed by atoms with E-state index < -0.39 is 12.7 Å². The Morgan fingerprint density at radius 3 is 2.25 bits per heavy atom. The van der Waals surface area contributed by atoms with Crippen LogP contribution in [-0.2, 0) is 9.47 Å². The van der Waals surface area contributed by atoms with Crippen LogP contribution in [0.4, 0.5) is 13.2 Å². The number of nitrogens with one attached hydrogen (secondary N) is 2. The standard InChI is InChI=1S/C14H29F3N4O2.HI/c1-18-13(20-7-5-9-23-11-10-22-3)19-6-4-8-21(2)12-14(15,16)17;/h4-12H2,1-3H3,(H2,18,19,20);1H.